The monoisotopic (exact) mass is 247 g/mol. The predicted octanol–water partition coefficient (Wildman–Crippen LogP) is 2.74. The van der Waals surface area contributed by atoms with Crippen molar-refractivity contribution in [3.8, 4) is 0 Å². The summed E-state index contributed by atoms with van der Waals surface area (Å²) in [7, 11) is 0. The molecule has 1 saturated carbocycles. The van der Waals surface area contributed by atoms with Crippen molar-refractivity contribution < 1.29 is 0 Å². The summed E-state index contributed by atoms with van der Waals surface area (Å²) in [4.78, 5) is 7.05. The minimum absolute atomic E-state index is 0.277. The van der Waals surface area contributed by atoms with E-state index in [9.17, 15) is 0 Å². The van der Waals surface area contributed by atoms with E-state index in [1.807, 2.05) is 12.3 Å². The van der Waals surface area contributed by atoms with Gasteiger partial charge in [-0.05, 0) is 31.5 Å². The number of pyridine rings is 1. The van der Waals surface area contributed by atoms with E-state index in [0.29, 0.717) is 12.6 Å². The predicted molar refractivity (Wildman–Crippen MR) is 75.3 cm³/mol. The van der Waals surface area contributed by atoms with Crippen LogP contribution in [0, 0.1) is 0 Å². The quantitative estimate of drug-likeness (QED) is 0.870. The fourth-order valence-corrected chi connectivity index (χ4v) is 3.14. The highest BCUT2D eigenvalue weighted by Gasteiger charge is 2.27. The van der Waals surface area contributed by atoms with Crippen molar-refractivity contribution in [3.05, 3.63) is 30.1 Å². The molecule has 2 N–H and O–H groups in total. The summed E-state index contributed by atoms with van der Waals surface area (Å²) in [6.07, 6.45) is 8.62. The SMILES string of the molecule is CCN(C1CCCCC1)C(CN)c1ccccn1. The van der Waals surface area contributed by atoms with Crippen LogP contribution in [0.2, 0.25) is 0 Å². The van der Waals surface area contributed by atoms with Gasteiger partial charge in [-0.3, -0.25) is 9.88 Å². The number of rotatable bonds is 5. The van der Waals surface area contributed by atoms with Gasteiger partial charge >= 0.3 is 0 Å². The molecule has 0 saturated heterocycles. The Kier molecular flexibility index (Phi) is 5.14. The Morgan fingerprint density at radius 3 is 2.67 bits per heavy atom. The van der Waals surface area contributed by atoms with Crippen LogP contribution in [0.25, 0.3) is 0 Å². The fraction of sp³-hybridized carbons (Fsp3) is 0.667. The normalized spacial score (nSPS) is 19.1. The van der Waals surface area contributed by atoms with Crippen LogP contribution >= 0.6 is 0 Å². The van der Waals surface area contributed by atoms with Crippen molar-refractivity contribution in [1.29, 1.82) is 0 Å². The Bertz CT molecular complexity index is 333. The van der Waals surface area contributed by atoms with Crippen molar-refractivity contribution >= 4 is 0 Å². The smallest absolute Gasteiger partial charge is 0.0646 e. The average Bonchev–Trinajstić information content (AvgIpc) is 2.46. The van der Waals surface area contributed by atoms with Gasteiger partial charge in [0.15, 0.2) is 0 Å². The zero-order valence-electron chi connectivity index (χ0n) is 11.4. The molecule has 1 atom stereocenters. The van der Waals surface area contributed by atoms with Gasteiger partial charge in [-0.15, -0.1) is 0 Å². The summed E-state index contributed by atoms with van der Waals surface area (Å²) >= 11 is 0. The minimum Gasteiger partial charge on any atom is -0.329 e. The Morgan fingerprint density at radius 1 is 1.33 bits per heavy atom. The highest BCUT2D eigenvalue weighted by atomic mass is 15.2. The summed E-state index contributed by atoms with van der Waals surface area (Å²) in [5, 5.41) is 0. The molecule has 0 amide bonds. The van der Waals surface area contributed by atoms with Gasteiger partial charge in [0.2, 0.25) is 0 Å². The van der Waals surface area contributed by atoms with Gasteiger partial charge < -0.3 is 5.73 Å². The van der Waals surface area contributed by atoms with E-state index in [4.69, 9.17) is 5.73 Å². The molecule has 1 heterocycles. The summed E-state index contributed by atoms with van der Waals surface area (Å²) in [5.74, 6) is 0. The molecule has 100 valence electrons. The first kappa shape index (κ1) is 13.5. The number of likely N-dealkylation sites (N-methyl/N-ethyl adjacent to an activating group) is 1. The first-order valence-corrected chi connectivity index (χ1v) is 7.23. The van der Waals surface area contributed by atoms with Gasteiger partial charge in [-0.25, -0.2) is 0 Å². The van der Waals surface area contributed by atoms with E-state index < -0.39 is 0 Å². The summed E-state index contributed by atoms with van der Waals surface area (Å²) in [6.45, 7) is 3.95. The van der Waals surface area contributed by atoms with Crippen LogP contribution in [-0.2, 0) is 0 Å². The third-order valence-electron chi connectivity index (χ3n) is 4.06. The van der Waals surface area contributed by atoms with Crippen LogP contribution < -0.4 is 5.73 Å². The Hall–Kier alpha value is -0.930. The maximum absolute atomic E-state index is 6.01. The van der Waals surface area contributed by atoms with Gasteiger partial charge in [-0.2, -0.15) is 0 Å². The number of aromatic nitrogens is 1. The molecule has 1 aliphatic carbocycles. The second-order valence-corrected chi connectivity index (χ2v) is 5.13. The number of nitrogens with two attached hydrogens (primary N) is 1. The third-order valence-corrected chi connectivity index (χ3v) is 4.06. The lowest BCUT2D eigenvalue weighted by molar-refractivity contribution is 0.111. The lowest BCUT2D eigenvalue weighted by Crippen LogP contribution is -2.42. The van der Waals surface area contributed by atoms with Crippen molar-refractivity contribution in [3.63, 3.8) is 0 Å². The van der Waals surface area contributed by atoms with Crippen LogP contribution in [-0.4, -0.2) is 29.0 Å². The number of nitrogens with zero attached hydrogens (tertiary/aromatic N) is 2. The van der Waals surface area contributed by atoms with E-state index in [0.717, 1.165) is 12.2 Å². The molecule has 0 bridgehead atoms. The Morgan fingerprint density at radius 2 is 2.11 bits per heavy atom. The second-order valence-electron chi connectivity index (χ2n) is 5.13. The van der Waals surface area contributed by atoms with Crippen LogP contribution in [0.1, 0.15) is 50.8 Å². The average molecular weight is 247 g/mol. The van der Waals surface area contributed by atoms with E-state index in [1.54, 1.807) is 0 Å². The van der Waals surface area contributed by atoms with Crippen molar-refractivity contribution in [2.75, 3.05) is 13.1 Å². The Balaban J connectivity index is 2.13. The molecule has 1 unspecified atom stereocenters. The van der Waals surface area contributed by atoms with Gasteiger partial charge in [0, 0.05) is 18.8 Å². The highest BCUT2D eigenvalue weighted by Crippen LogP contribution is 2.28. The molecule has 2 rings (SSSR count). The van der Waals surface area contributed by atoms with Crippen LogP contribution in [0.3, 0.4) is 0 Å². The van der Waals surface area contributed by atoms with Gasteiger partial charge in [0.05, 0.1) is 11.7 Å². The molecule has 18 heavy (non-hydrogen) atoms. The standard InChI is InChI=1S/C15H25N3/c1-2-18(13-8-4-3-5-9-13)15(12-16)14-10-6-7-11-17-14/h6-7,10-11,13,15H,2-5,8-9,12,16H2,1H3. The van der Waals surface area contributed by atoms with E-state index in [-0.39, 0.29) is 6.04 Å². The first-order valence-electron chi connectivity index (χ1n) is 7.23. The maximum atomic E-state index is 6.01. The van der Waals surface area contributed by atoms with E-state index in [1.165, 1.54) is 32.1 Å². The Labute approximate surface area is 110 Å². The molecule has 0 radical (unpaired) electrons. The van der Waals surface area contributed by atoms with Gasteiger partial charge in [-0.1, -0.05) is 32.3 Å². The largest absolute Gasteiger partial charge is 0.329 e. The number of hydrogen-bond acceptors (Lipinski definition) is 3. The zero-order chi connectivity index (χ0) is 12.8. The summed E-state index contributed by atoms with van der Waals surface area (Å²) < 4.78 is 0. The fourth-order valence-electron chi connectivity index (χ4n) is 3.14. The minimum atomic E-state index is 0.277. The van der Waals surface area contributed by atoms with Crippen LogP contribution in [0.15, 0.2) is 24.4 Å². The van der Waals surface area contributed by atoms with Crippen molar-refractivity contribution in [1.82, 2.24) is 9.88 Å². The molecule has 0 aliphatic heterocycles. The molecular formula is C15H25N3. The summed E-state index contributed by atoms with van der Waals surface area (Å²) in [5.41, 5.74) is 7.12. The van der Waals surface area contributed by atoms with E-state index >= 15 is 0 Å². The lowest BCUT2D eigenvalue weighted by Gasteiger charge is -2.38. The van der Waals surface area contributed by atoms with Crippen LogP contribution in [0.5, 0.6) is 0 Å². The number of hydrogen-bond donors (Lipinski definition) is 1. The molecule has 1 aliphatic rings. The van der Waals surface area contributed by atoms with Crippen LogP contribution in [0.4, 0.5) is 0 Å². The second kappa shape index (κ2) is 6.86. The molecule has 3 heteroatoms. The zero-order valence-corrected chi connectivity index (χ0v) is 11.4. The topological polar surface area (TPSA) is 42.1 Å². The van der Waals surface area contributed by atoms with Gasteiger partial charge in [0.1, 0.15) is 0 Å². The molecular weight excluding hydrogens is 222 g/mol. The molecule has 3 nitrogen and oxygen atoms in total. The van der Waals surface area contributed by atoms with Crippen molar-refractivity contribution in [2.24, 2.45) is 5.73 Å². The molecule has 1 aromatic rings. The van der Waals surface area contributed by atoms with E-state index in [2.05, 4.69) is 28.9 Å². The highest BCUT2D eigenvalue weighted by molar-refractivity contribution is 5.10. The molecule has 1 fully saturated rings. The van der Waals surface area contributed by atoms with Gasteiger partial charge in [0.25, 0.3) is 0 Å². The third kappa shape index (κ3) is 3.09. The molecule has 0 spiro atoms. The van der Waals surface area contributed by atoms with Crippen molar-refractivity contribution in [2.45, 2.75) is 51.1 Å². The lowest BCUT2D eigenvalue weighted by atomic mass is 9.92. The molecule has 0 aromatic carbocycles. The molecule has 1 aromatic heterocycles. The first-order chi connectivity index (χ1) is 8.86. The summed E-state index contributed by atoms with van der Waals surface area (Å²) in [6, 6.07) is 7.09. The maximum Gasteiger partial charge on any atom is 0.0646 e.